The van der Waals surface area contributed by atoms with Gasteiger partial charge in [0.15, 0.2) is 5.70 Å². The van der Waals surface area contributed by atoms with Gasteiger partial charge < -0.3 is 10.4 Å². The van der Waals surface area contributed by atoms with Crippen molar-refractivity contribution < 1.29 is 10.0 Å². The van der Waals surface area contributed by atoms with Crippen LogP contribution < -0.4 is 5.32 Å². The Bertz CT molecular complexity index is 502. The van der Waals surface area contributed by atoms with Crippen LogP contribution in [0.2, 0.25) is 0 Å². The second-order valence-electron chi connectivity index (χ2n) is 2.89. The van der Waals surface area contributed by atoms with E-state index in [1.807, 2.05) is 17.5 Å². The molecule has 0 aliphatic carbocycles. The van der Waals surface area contributed by atoms with Crippen molar-refractivity contribution in [3.63, 3.8) is 0 Å². The zero-order valence-corrected chi connectivity index (χ0v) is 8.77. The molecule has 2 heterocycles. The van der Waals surface area contributed by atoms with Gasteiger partial charge in [0.2, 0.25) is 0 Å². The van der Waals surface area contributed by atoms with Crippen molar-refractivity contribution >= 4 is 17.2 Å². The fourth-order valence-electron chi connectivity index (χ4n) is 1.16. The summed E-state index contributed by atoms with van der Waals surface area (Å²) in [6.07, 6.45) is 2.75. The second kappa shape index (κ2) is 4.15. The molecule has 0 atom stereocenters. The molecule has 0 fully saturated rings. The predicted molar refractivity (Wildman–Crippen MR) is 59.8 cm³/mol. The minimum Gasteiger partial charge on any atom is -0.454 e. The lowest BCUT2D eigenvalue weighted by Gasteiger charge is -2.10. The van der Waals surface area contributed by atoms with Gasteiger partial charge in [-0.3, -0.25) is 10.1 Å². The Balaban J connectivity index is 2.30. The first-order valence-electron chi connectivity index (χ1n) is 4.31. The van der Waals surface area contributed by atoms with Crippen molar-refractivity contribution in [3.05, 3.63) is 56.4 Å². The maximum Gasteiger partial charge on any atom is 0.449 e. The molecule has 1 aliphatic rings. The summed E-state index contributed by atoms with van der Waals surface area (Å²) in [6.45, 7) is 0. The molecule has 2 rings (SSSR count). The predicted octanol–water partition coefficient (Wildman–Crippen LogP) is 1.62. The molecule has 2 N–H and O–H groups in total. The van der Waals surface area contributed by atoms with E-state index in [0.717, 1.165) is 4.88 Å². The lowest BCUT2D eigenvalue weighted by molar-refractivity contribution is -0.460. The van der Waals surface area contributed by atoms with Crippen molar-refractivity contribution in [1.29, 1.82) is 0 Å². The van der Waals surface area contributed by atoms with Gasteiger partial charge in [0, 0.05) is 6.20 Å². The number of nitrogens with one attached hydrogen (secondary N) is 1. The van der Waals surface area contributed by atoms with Gasteiger partial charge in [-0.15, -0.1) is 11.3 Å². The van der Waals surface area contributed by atoms with Gasteiger partial charge in [-0.05, 0) is 17.5 Å². The number of hydrogen-bond donors (Lipinski definition) is 2. The van der Waals surface area contributed by atoms with Crippen LogP contribution in [0.25, 0.3) is 0 Å². The molecule has 0 saturated carbocycles. The number of nitro groups is 1. The Kier molecular flexibility index (Phi) is 2.69. The molecule has 1 aromatic rings. The van der Waals surface area contributed by atoms with Gasteiger partial charge in [0.05, 0.1) is 4.88 Å². The van der Waals surface area contributed by atoms with E-state index < -0.39 is 10.8 Å². The van der Waals surface area contributed by atoms with E-state index in [2.05, 4.69) is 10.3 Å². The highest BCUT2D eigenvalue weighted by Crippen LogP contribution is 2.14. The zero-order valence-electron chi connectivity index (χ0n) is 7.95. The van der Waals surface area contributed by atoms with E-state index in [4.69, 9.17) is 0 Å². The highest BCUT2D eigenvalue weighted by Gasteiger charge is 2.19. The van der Waals surface area contributed by atoms with Crippen LogP contribution in [-0.4, -0.2) is 15.9 Å². The van der Waals surface area contributed by atoms with E-state index >= 15 is 0 Å². The summed E-state index contributed by atoms with van der Waals surface area (Å²) in [5.74, 6) is -0.430. The number of amidine groups is 1. The maximum absolute atomic E-state index is 10.4. The molecule has 16 heavy (non-hydrogen) atoms. The van der Waals surface area contributed by atoms with Crippen LogP contribution in [0.1, 0.15) is 4.88 Å². The average Bonchev–Trinajstić information content (AvgIpc) is 2.81. The molecule has 0 bridgehead atoms. The molecule has 0 aromatic carbocycles. The van der Waals surface area contributed by atoms with Gasteiger partial charge >= 0.3 is 5.88 Å². The molecule has 0 amide bonds. The topological polar surface area (TPSA) is 87.8 Å². The molecule has 7 heteroatoms. The number of nitrogens with zero attached hydrogens (tertiary/aromatic N) is 2. The number of thiophene rings is 1. The number of hydrogen-bond acceptors (Lipinski definition) is 6. The molecule has 0 saturated heterocycles. The summed E-state index contributed by atoms with van der Waals surface area (Å²) >= 11 is 1.45. The highest BCUT2D eigenvalue weighted by atomic mass is 32.1. The minimum atomic E-state index is -0.916. The molecule has 1 aliphatic heterocycles. The van der Waals surface area contributed by atoms with Gasteiger partial charge in [0.25, 0.3) is 0 Å². The highest BCUT2D eigenvalue weighted by molar-refractivity contribution is 7.12. The molecular weight excluding hydrogens is 230 g/mol. The van der Waals surface area contributed by atoms with Crippen LogP contribution in [0.3, 0.4) is 0 Å². The SMILES string of the molecule is O=[N+]([O-])C(O)=C1C=CN=C(c2cccs2)N1. The second-order valence-corrected chi connectivity index (χ2v) is 3.84. The largest absolute Gasteiger partial charge is 0.454 e. The zero-order chi connectivity index (χ0) is 11.5. The fraction of sp³-hybridized carbons (Fsp3) is 0. The summed E-state index contributed by atoms with van der Waals surface area (Å²) in [4.78, 5) is 14.4. The van der Waals surface area contributed by atoms with Gasteiger partial charge in [-0.2, -0.15) is 0 Å². The minimum absolute atomic E-state index is 0.0309. The molecule has 0 radical (unpaired) electrons. The number of rotatable bonds is 2. The van der Waals surface area contributed by atoms with Crippen molar-refractivity contribution in [1.82, 2.24) is 5.32 Å². The number of aliphatic imine (C=N–C) groups is 1. The van der Waals surface area contributed by atoms with Gasteiger partial charge in [-0.25, -0.2) is 4.99 Å². The quantitative estimate of drug-likeness (QED) is 0.464. The summed E-state index contributed by atoms with van der Waals surface area (Å²) in [5.41, 5.74) is 0.0309. The average molecular weight is 237 g/mol. The van der Waals surface area contributed by atoms with Crippen molar-refractivity contribution in [2.75, 3.05) is 0 Å². The molecule has 6 nitrogen and oxygen atoms in total. The Morgan fingerprint density at radius 3 is 3.06 bits per heavy atom. The first-order valence-corrected chi connectivity index (χ1v) is 5.19. The molecular formula is C9H7N3O3S. The number of allylic oxidation sites excluding steroid dienone is 1. The van der Waals surface area contributed by atoms with Crippen LogP contribution in [0.4, 0.5) is 0 Å². The lowest BCUT2D eigenvalue weighted by Crippen LogP contribution is -2.26. The summed E-state index contributed by atoms with van der Waals surface area (Å²) < 4.78 is 0. The van der Waals surface area contributed by atoms with E-state index in [1.54, 1.807) is 0 Å². The molecule has 0 unspecified atom stereocenters. The van der Waals surface area contributed by atoms with E-state index in [9.17, 15) is 15.2 Å². The van der Waals surface area contributed by atoms with Crippen LogP contribution in [0.5, 0.6) is 0 Å². The Morgan fingerprint density at radius 1 is 1.62 bits per heavy atom. The van der Waals surface area contributed by atoms with Crippen LogP contribution >= 0.6 is 11.3 Å². The van der Waals surface area contributed by atoms with E-state index in [0.29, 0.717) is 5.84 Å². The van der Waals surface area contributed by atoms with Crippen molar-refractivity contribution in [2.24, 2.45) is 4.99 Å². The van der Waals surface area contributed by atoms with E-state index in [-0.39, 0.29) is 5.70 Å². The normalized spacial score (nSPS) is 17.6. The summed E-state index contributed by atoms with van der Waals surface area (Å²) in [6, 6.07) is 3.68. The smallest absolute Gasteiger partial charge is 0.449 e. The third kappa shape index (κ3) is 1.94. The molecule has 82 valence electrons. The number of aliphatic hydroxyl groups is 1. The third-order valence-corrected chi connectivity index (χ3v) is 2.74. The Morgan fingerprint density at radius 2 is 2.44 bits per heavy atom. The van der Waals surface area contributed by atoms with Gasteiger partial charge in [-0.1, -0.05) is 6.07 Å². The van der Waals surface area contributed by atoms with Crippen LogP contribution in [0.15, 0.2) is 46.4 Å². The third-order valence-electron chi connectivity index (χ3n) is 1.87. The molecule has 0 spiro atoms. The standard InChI is InChI=1S/C9H7N3O3S/c13-9(12(14)15)6-3-4-10-8(11-6)7-2-1-5-16-7/h1-5,13H,(H,10,11). The van der Waals surface area contributed by atoms with Crippen molar-refractivity contribution in [2.45, 2.75) is 0 Å². The first-order chi connectivity index (χ1) is 7.68. The van der Waals surface area contributed by atoms with Gasteiger partial charge in [0.1, 0.15) is 10.8 Å². The molecule has 1 aromatic heterocycles. The van der Waals surface area contributed by atoms with E-state index in [1.165, 1.54) is 23.6 Å². The summed E-state index contributed by atoms with van der Waals surface area (Å²) in [5, 5.41) is 24.1. The van der Waals surface area contributed by atoms with Crippen LogP contribution in [-0.2, 0) is 0 Å². The Labute approximate surface area is 94.4 Å². The monoisotopic (exact) mass is 237 g/mol. The number of aliphatic hydroxyl groups excluding tert-OH is 1. The summed E-state index contributed by atoms with van der Waals surface area (Å²) in [7, 11) is 0. The van der Waals surface area contributed by atoms with Crippen molar-refractivity contribution in [3.8, 4) is 0 Å². The van der Waals surface area contributed by atoms with Crippen LogP contribution in [0, 0.1) is 10.1 Å². The lowest BCUT2D eigenvalue weighted by atomic mass is 10.3. The first kappa shape index (κ1) is 10.4. The fourth-order valence-corrected chi connectivity index (χ4v) is 1.83. The Hall–Kier alpha value is -2.15. The maximum atomic E-state index is 10.4.